The van der Waals surface area contributed by atoms with E-state index in [1.807, 2.05) is 0 Å². The Morgan fingerprint density at radius 3 is 3.00 bits per heavy atom. The summed E-state index contributed by atoms with van der Waals surface area (Å²) in [5.41, 5.74) is 2.19. The van der Waals surface area contributed by atoms with Gasteiger partial charge in [-0.15, -0.1) is 0 Å². The van der Waals surface area contributed by atoms with E-state index in [1.165, 1.54) is 31.6 Å². The van der Waals surface area contributed by atoms with Crippen molar-refractivity contribution in [1.82, 2.24) is 15.4 Å². The molecule has 0 spiro atoms. The van der Waals surface area contributed by atoms with E-state index in [-0.39, 0.29) is 17.3 Å². The van der Waals surface area contributed by atoms with Crippen molar-refractivity contribution in [1.29, 1.82) is 0 Å². The fourth-order valence-electron chi connectivity index (χ4n) is 1.28. The number of carbonyl (C=O) groups is 1. The molecule has 0 fully saturated rings. The number of rotatable bonds is 5. The minimum atomic E-state index is -0.679. The fourth-order valence-corrected chi connectivity index (χ4v) is 1.28. The molecule has 0 aliphatic rings. The average Bonchev–Trinajstić information content (AvgIpc) is 2.96. The number of aromatic nitrogens is 2. The highest BCUT2D eigenvalue weighted by molar-refractivity contribution is 5.92. The topological polar surface area (TPSA) is 133 Å². The number of amides is 1. The fraction of sp³-hybridized carbons (Fsp3) is 0.0909. The van der Waals surface area contributed by atoms with Crippen LogP contribution in [0.25, 0.3) is 0 Å². The summed E-state index contributed by atoms with van der Waals surface area (Å²) in [6.07, 6.45) is 3.71. The number of hydrogen-bond donors (Lipinski definition) is 1. The van der Waals surface area contributed by atoms with Gasteiger partial charge in [-0.05, 0) is 6.07 Å². The van der Waals surface area contributed by atoms with Gasteiger partial charge in [0.05, 0.1) is 31.8 Å². The van der Waals surface area contributed by atoms with E-state index in [1.54, 1.807) is 0 Å². The Morgan fingerprint density at radius 1 is 1.52 bits per heavy atom. The summed E-state index contributed by atoms with van der Waals surface area (Å²) in [5, 5.41) is 14.0. The van der Waals surface area contributed by atoms with Crippen molar-refractivity contribution in [2.45, 2.75) is 0 Å². The second-order valence-corrected chi connectivity index (χ2v) is 3.58. The average molecular weight is 291 g/mol. The lowest BCUT2D eigenvalue weighted by atomic mass is 10.4. The maximum Gasteiger partial charge on any atom is 0.433 e. The molecule has 0 aliphatic carbocycles. The molecule has 0 unspecified atom stereocenters. The molecule has 10 heteroatoms. The zero-order chi connectivity index (χ0) is 15.2. The van der Waals surface area contributed by atoms with Crippen LogP contribution < -0.4 is 10.2 Å². The van der Waals surface area contributed by atoms with Crippen molar-refractivity contribution in [3.05, 3.63) is 46.1 Å². The molecule has 1 N–H and O–H groups in total. The lowest BCUT2D eigenvalue weighted by Gasteiger charge is -2.00. The van der Waals surface area contributed by atoms with Gasteiger partial charge in [-0.2, -0.15) is 5.10 Å². The number of hydrogen-bond acceptors (Lipinski definition) is 8. The number of carbonyl (C=O) groups excluding carboxylic acids is 1. The maximum atomic E-state index is 11.7. The van der Waals surface area contributed by atoms with E-state index < -0.39 is 16.7 Å². The first-order chi connectivity index (χ1) is 10.1. The van der Waals surface area contributed by atoms with E-state index >= 15 is 0 Å². The molecular weight excluding hydrogens is 282 g/mol. The molecule has 2 aromatic heterocycles. The summed E-state index contributed by atoms with van der Waals surface area (Å²) in [7, 11) is 1.40. The standard InChI is InChI=1S/C11H9N5O5/c1-20-9-6-12-5-8(14-9)11(17)15-13-4-7-2-3-10(21-7)16(18)19/h2-6H,1H3,(H,15,17)/b13-4-. The second-order valence-electron chi connectivity index (χ2n) is 3.58. The van der Waals surface area contributed by atoms with Gasteiger partial charge in [0.1, 0.15) is 4.92 Å². The molecule has 0 radical (unpaired) electrons. The smallest absolute Gasteiger partial charge is 0.433 e. The summed E-state index contributed by atoms with van der Waals surface area (Å²) >= 11 is 0. The largest absolute Gasteiger partial charge is 0.480 e. The molecule has 0 bridgehead atoms. The minimum absolute atomic E-state index is 0.0110. The zero-order valence-electron chi connectivity index (χ0n) is 10.7. The molecule has 0 aliphatic heterocycles. The van der Waals surface area contributed by atoms with E-state index in [0.717, 1.165) is 6.21 Å². The Hall–Kier alpha value is -3.30. The first kappa shape index (κ1) is 14.1. The monoisotopic (exact) mass is 291 g/mol. The highest BCUT2D eigenvalue weighted by atomic mass is 16.6. The quantitative estimate of drug-likeness (QED) is 0.488. The van der Waals surface area contributed by atoms with E-state index in [0.29, 0.717) is 0 Å². The summed E-state index contributed by atoms with van der Waals surface area (Å²) in [6, 6.07) is 2.52. The zero-order valence-corrected chi connectivity index (χ0v) is 10.7. The molecule has 21 heavy (non-hydrogen) atoms. The summed E-state index contributed by atoms with van der Waals surface area (Å²) in [5.74, 6) is -0.716. The van der Waals surface area contributed by atoms with Crippen molar-refractivity contribution >= 4 is 18.0 Å². The van der Waals surface area contributed by atoms with Gasteiger partial charge >= 0.3 is 5.88 Å². The van der Waals surface area contributed by atoms with Gasteiger partial charge in [0.2, 0.25) is 5.88 Å². The SMILES string of the molecule is COc1cncc(C(=O)N/N=C\c2ccc([N+](=O)[O-])o2)n1. The van der Waals surface area contributed by atoms with Gasteiger partial charge in [-0.25, -0.2) is 10.4 Å². The molecule has 108 valence electrons. The van der Waals surface area contributed by atoms with Gasteiger partial charge in [0.25, 0.3) is 5.91 Å². The molecule has 10 nitrogen and oxygen atoms in total. The predicted octanol–water partition coefficient (Wildman–Crippen LogP) is 0.750. The summed E-state index contributed by atoms with van der Waals surface area (Å²) in [6.45, 7) is 0. The molecule has 0 aromatic carbocycles. The van der Waals surface area contributed by atoms with Crippen LogP contribution in [0, 0.1) is 10.1 Å². The number of nitro groups is 1. The molecule has 0 saturated carbocycles. The number of methoxy groups -OCH3 is 1. The lowest BCUT2D eigenvalue weighted by Crippen LogP contribution is -2.19. The highest BCUT2D eigenvalue weighted by Crippen LogP contribution is 2.13. The second kappa shape index (κ2) is 6.23. The van der Waals surface area contributed by atoms with Crippen LogP contribution >= 0.6 is 0 Å². The third-order valence-electron chi connectivity index (χ3n) is 2.20. The van der Waals surface area contributed by atoms with Gasteiger partial charge < -0.3 is 9.15 Å². The molecule has 2 heterocycles. The first-order valence-electron chi connectivity index (χ1n) is 5.54. The van der Waals surface area contributed by atoms with Gasteiger partial charge in [0, 0.05) is 0 Å². The van der Waals surface area contributed by atoms with E-state index in [4.69, 9.17) is 9.15 Å². The van der Waals surface area contributed by atoms with Crippen LogP contribution in [-0.2, 0) is 0 Å². The van der Waals surface area contributed by atoms with Gasteiger partial charge in [-0.1, -0.05) is 0 Å². The van der Waals surface area contributed by atoms with Crippen molar-refractivity contribution < 1.29 is 18.9 Å². The van der Waals surface area contributed by atoms with Gasteiger partial charge in [0.15, 0.2) is 11.5 Å². The van der Waals surface area contributed by atoms with Crippen LogP contribution in [0.2, 0.25) is 0 Å². The number of ether oxygens (including phenoxy) is 1. The normalized spacial score (nSPS) is 10.5. The number of nitrogens with one attached hydrogen (secondary N) is 1. The van der Waals surface area contributed by atoms with Crippen molar-refractivity contribution in [3.63, 3.8) is 0 Å². The minimum Gasteiger partial charge on any atom is -0.480 e. The summed E-state index contributed by atoms with van der Waals surface area (Å²) in [4.78, 5) is 29.1. The van der Waals surface area contributed by atoms with Gasteiger partial charge in [-0.3, -0.25) is 19.9 Å². The molecule has 0 atom stereocenters. The molecule has 0 saturated heterocycles. The van der Waals surface area contributed by atoms with Crippen LogP contribution in [0.4, 0.5) is 5.88 Å². The van der Waals surface area contributed by atoms with E-state index in [2.05, 4.69) is 20.5 Å². The van der Waals surface area contributed by atoms with Crippen LogP contribution in [-0.4, -0.2) is 34.1 Å². The maximum absolute atomic E-state index is 11.7. The van der Waals surface area contributed by atoms with Crippen LogP contribution in [0.15, 0.2) is 34.0 Å². The molecule has 2 aromatic rings. The van der Waals surface area contributed by atoms with Crippen LogP contribution in [0.1, 0.15) is 16.2 Å². The Kier molecular flexibility index (Phi) is 4.19. The Bertz CT molecular complexity index is 696. The Balaban J connectivity index is 1.99. The molecule has 1 amide bonds. The third kappa shape index (κ3) is 3.59. The number of hydrazone groups is 1. The van der Waals surface area contributed by atoms with E-state index in [9.17, 15) is 14.9 Å². The first-order valence-corrected chi connectivity index (χ1v) is 5.54. The molecular formula is C11H9N5O5. The molecule has 2 rings (SSSR count). The highest BCUT2D eigenvalue weighted by Gasteiger charge is 2.11. The lowest BCUT2D eigenvalue weighted by molar-refractivity contribution is -0.402. The Labute approximate surface area is 117 Å². The van der Waals surface area contributed by atoms with Crippen molar-refractivity contribution in [2.75, 3.05) is 7.11 Å². The predicted molar refractivity (Wildman–Crippen MR) is 69.0 cm³/mol. The number of furan rings is 1. The third-order valence-corrected chi connectivity index (χ3v) is 2.20. The van der Waals surface area contributed by atoms with Crippen LogP contribution in [0.5, 0.6) is 5.88 Å². The van der Waals surface area contributed by atoms with Crippen LogP contribution in [0.3, 0.4) is 0 Å². The Morgan fingerprint density at radius 2 is 2.33 bits per heavy atom. The summed E-state index contributed by atoms with van der Waals surface area (Å²) < 4.78 is 9.65. The van der Waals surface area contributed by atoms with Crippen molar-refractivity contribution in [2.24, 2.45) is 5.10 Å². The van der Waals surface area contributed by atoms with Crippen molar-refractivity contribution in [3.8, 4) is 5.88 Å². The number of nitrogens with zero attached hydrogens (tertiary/aromatic N) is 4.